The van der Waals surface area contributed by atoms with E-state index in [9.17, 15) is 0 Å². The number of nitrogens with zero attached hydrogens (tertiary/aromatic N) is 3. The molecule has 0 aliphatic heterocycles. The Balaban J connectivity index is 2.07. The van der Waals surface area contributed by atoms with E-state index in [2.05, 4.69) is 30.9 Å². The van der Waals surface area contributed by atoms with Crippen LogP contribution in [0.3, 0.4) is 0 Å². The first-order chi connectivity index (χ1) is 12.1. The highest BCUT2D eigenvalue weighted by molar-refractivity contribution is 7.80. The summed E-state index contributed by atoms with van der Waals surface area (Å²) in [6, 6.07) is 5.56. The maximum Gasteiger partial charge on any atom is 0.229 e. The van der Waals surface area contributed by atoms with E-state index in [-0.39, 0.29) is 0 Å². The van der Waals surface area contributed by atoms with Gasteiger partial charge in [0.1, 0.15) is 12.3 Å². The summed E-state index contributed by atoms with van der Waals surface area (Å²) in [5.74, 6) is 1.61. The maximum atomic E-state index is 5.30. The molecule has 134 valence electrons. The van der Waals surface area contributed by atoms with Crippen LogP contribution in [0.1, 0.15) is 17.1 Å². The largest absolute Gasteiger partial charge is 0.467 e. The number of furan rings is 1. The average Bonchev–Trinajstić information content (AvgIpc) is 3.05. The second kappa shape index (κ2) is 9.70. The number of rotatable bonds is 6. The second-order valence-electron chi connectivity index (χ2n) is 5.22. The van der Waals surface area contributed by atoms with Crippen LogP contribution in [0.2, 0.25) is 0 Å². The van der Waals surface area contributed by atoms with Gasteiger partial charge in [-0.15, -0.1) is 0 Å². The summed E-state index contributed by atoms with van der Waals surface area (Å²) in [5.41, 5.74) is 1.72. The number of ether oxygens (including phenoxy) is 1. The Morgan fingerprint density at radius 3 is 2.72 bits per heavy atom. The van der Waals surface area contributed by atoms with Crippen molar-refractivity contribution in [3.63, 3.8) is 0 Å². The molecule has 0 amide bonds. The van der Waals surface area contributed by atoms with Crippen molar-refractivity contribution in [2.24, 2.45) is 4.99 Å². The molecule has 9 heteroatoms. The van der Waals surface area contributed by atoms with E-state index >= 15 is 0 Å². The highest BCUT2D eigenvalue weighted by Crippen LogP contribution is 2.05. The molecule has 25 heavy (non-hydrogen) atoms. The molecule has 0 saturated heterocycles. The molecular weight excluding hydrogens is 340 g/mol. The van der Waals surface area contributed by atoms with Gasteiger partial charge in [0.2, 0.25) is 11.9 Å². The number of aliphatic imine (C=N–C) groups is 1. The number of methoxy groups -OCH3 is 1. The quantitative estimate of drug-likeness (QED) is 0.310. The molecule has 2 rings (SSSR count). The van der Waals surface area contributed by atoms with Gasteiger partial charge in [0.25, 0.3) is 0 Å². The standard InChI is InChI=1S/C16H22N6O2S/c1-11-9-12(2)20-15(19-11)21-14(18-10-13-5-4-7-24-13)22-16(25)17-6-8-23-3/h4-5,7,9H,6,8,10H2,1-3H3,(H3,17,18,19,20,21,22,25). The Morgan fingerprint density at radius 2 is 2.08 bits per heavy atom. The smallest absolute Gasteiger partial charge is 0.229 e. The fourth-order valence-electron chi connectivity index (χ4n) is 1.98. The average molecular weight is 362 g/mol. The van der Waals surface area contributed by atoms with Gasteiger partial charge >= 0.3 is 0 Å². The minimum atomic E-state index is 0.355. The van der Waals surface area contributed by atoms with Gasteiger partial charge in [-0.05, 0) is 44.3 Å². The third-order valence-corrected chi connectivity index (χ3v) is 3.26. The van der Waals surface area contributed by atoms with Crippen molar-refractivity contribution >= 4 is 29.2 Å². The molecule has 0 radical (unpaired) electrons. The first-order valence-electron chi connectivity index (χ1n) is 7.76. The Bertz CT molecular complexity index is 697. The molecule has 0 fully saturated rings. The van der Waals surface area contributed by atoms with E-state index in [1.807, 2.05) is 32.0 Å². The summed E-state index contributed by atoms with van der Waals surface area (Å²) in [6.07, 6.45) is 1.61. The normalized spacial score (nSPS) is 11.2. The number of guanidine groups is 1. The van der Waals surface area contributed by atoms with E-state index in [0.29, 0.717) is 36.7 Å². The Kier molecular flexibility index (Phi) is 7.30. The summed E-state index contributed by atoms with van der Waals surface area (Å²) in [6.45, 7) is 5.31. The first kappa shape index (κ1) is 18.8. The SMILES string of the molecule is COCCNC(=S)NC(=NCc1ccco1)Nc1nc(C)cc(C)n1. The molecule has 0 spiro atoms. The van der Waals surface area contributed by atoms with Crippen molar-refractivity contribution in [1.29, 1.82) is 0 Å². The van der Waals surface area contributed by atoms with Crippen molar-refractivity contribution in [2.75, 3.05) is 25.6 Å². The zero-order valence-corrected chi connectivity index (χ0v) is 15.3. The molecule has 0 saturated carbocycles. The predicted molar refractivity (Wildman–Crippen MR) is 101 cm³/mol. The molecule has 0 aliphatic carbocycles. The topological polar surface area (TPSA) is 96.6 Å². The van der Waals surface area contributed by atoms with Crippen LogP contribution in [0.4, 0.5) is 5.95 Å². The number of aryl methyl sites for hydroxylation is 2. The van der Waals surface area contributed by atoms with Crippen molar-refractivity contribution in [2.45, 2.75) is 20.4 Å². The molecule has 0 unspecified atom stereocenters. The Hall–Kier alpha value is -2.52. The van der Waals surface area contributed by atoms with Crippen molar-refractivity contribution in [3.05, 3.63) is 41.6 Å². The first-order valence-corrected chi connectivity index (χ1v) is 8.17. The minimum Gasteiger partial charge on any atom is -0.467 e. The van der Waals surface area contributed by atoms with Crippen molar-refractivity contribution in [3.8, 4) is 0 Å². The van der Waals surface area contributed by atoms with Gasteiger partial charge < -0.3 is 19.8 Å². The summed E-state index contributed by atoms with van der Waals surface area (Å²) >= 11 is 5.26. The summed E-state index contributed by atoms with van der Waals surface area (Å²) in [5, 5.41) is 9.52. The van der Waals surface area contributed by atoms with Gasteiger partial charge in [0.15, 0.2) is 5.11 Å². The van der Waals surface area contributed by atoms with Crippen molar-refractivity contribution in [1.82, 2.24) is 20.6 Å². The molecule has 0 bridgehead atoms. The van der Waals surface area contributed by atoms with Crippen LogP contribution in [0, 0.1) is 13.8 Å². The van der Waals surface area contributed by atoms with Crippen LogP contribution in [-0.4, -0.2) is 41.3 Å². The van der Waals surface area contributed by atoms with Crippen LogP contribution in [0.5, 0.6) is 0 Å². The number of nitrogens with one attached hydrogen (secondary N) is 3. The number of hydrogen-bond acceptors (Lipinski definition) is 6. The van der Waals surface area contributed by atoms with E-state index in [1.165, 1.54) is 0 Å². The Labute approximate surface area is 152 Å². The summed E-state index contributed by atoms with van der Waals surface area (Å²) in [4.78, 5) is 13.2. The molecule has 0 atom stereocenters. The zero-order valence-electron chi connectivity index (χ0n) is 14.5. The lowest BCUT2D eigenvalue weighted by molar-refractivity contribution is 0.204. The Morgan fingerprint density at radius 1 is 1.32 bits per heavy atom. The lowest BCUT2D eigenvalue weighted by Crippen LogP contribution is -2.43. The molecule has 2 heterocycles. The van der Waals surface area contributed by atoms with Gasteiger partial charge in [-0.2, -0.15) is 0 Å². The van der Waals surface area contributed by atoms with Gasteiger partial charge in [-0.3, -0.25) is 5.32 Å². The second-order valence-corrected chi connectivity index (χ2v) is 5.63. The minimum absolute atomic E-state index is 0.355. The number of aromatic nitrogens is 2. The highest BCUT2D eigenvalue weighted by atomic mass is 32.1. The molecule has 0 aromatic carbocycles. The van der Waals surface area contributed by atoms with Crippen LogP contribution in [0.25, 0.3) is 0 Å². The lowest BCUT2D eigenvalue weighted by Gasteiger charge is -2.14. The fourth-order valence-corrected chi connectivity index (χ4v) is 2.17. The molecule has 2 aromatic rings. The van der Waals surface area contributed by atoms with E-state index in [0.717, 1.165) is 17.1 Å². The van der Waals surface area contributed by atoms with Crippen LogP contribution in [-0.2, 0) is 11.3 Å². The summed E-state index contributed by atoms with van der Waals surface area (Å²) < 4.78 is 10.3. The number of thiocarbonyl (C=S) groups is 1. The van der Waals surface area contributed by atoms with Crippen LogP contribution >= 0.6 is 12.2 Å². The van der Waals surface area contributed by atoms with Crippen LogP contribution < -0.4 is 16.0 Å². The van der Waals surface area contributed by atoms with E-state index < -0.39 is 0 Å². The van der Waals surface area contributed by atoms with Crippen LogP contribution in [0.15, 0.2) is 33.9 Å². The predicted octanol–water partition coefficient (Wildman–Crippen LogP) is 1.77. The lowest BCUT2D eigenvalue weighted by atomic mass is 10.4. The molecule has 0 aliphatic rings. The number of anilines is 1. The van der Waals surface area contributed by atoms with Gasteiger partial charge in [-0.1, -0.05) is 0 Å². The van der Waals surface area contributed by atoms with Gasteiger partial charge in [-0.25, -0.2) is 15.0 Å². The third-order valence-electron chi connectivity index (χ3n) is 3.01. The van der Waals surface area contributed by atoms with Gasteiger partial charge in [0, 0.05) is 25.0 Å². The summed E-state index contributed by atoms with van der Waals surface area (Å²) in [7, 11) is 1.63. The zero-order chi connectivity index (χ0) is 18.1. The third kappa shape index (κ3) is 6.86. The van der Waals surface area contributed by atoms with Gasteiger partial charge in [0.05, 0.1) is 12.9 Å². The van der Waals surface area contributed by atoms with E-state index in [1.54, 1.807) is 13.4 Å². The molecular formula is C16H22N6O2S. The van der Waals surface area contributed by atoms with Crippen molar-refractivity contribution < 1.29 is 9.15 Å². The fraction of sp³-hybridized carbons (Fsp3) is 0.375. The van der Waals surface area contributed by atoms with E-state index in [4.69, 9.17) is 21.4 Å². The molecule has 2 aromatic heterocycles. The number of hydrogen-bond donors (Lipinski definition) is 3. The molecule has 8 nitrogen and oxygen atoms in total. The molecule has 3 N–H and O–H groups in total. The maximum absolute atomic E-state index is 5.30. The highest BCUT2D eigenvalue weighted by Gasteiger charge is 2.07. The monoisotopic (exact) mass is 362 g/mol.